The Morgan fingerprint density at radius 1 is 1.08 bits per heavy atom. The summed E-state index contributed by atoms with van der Waals surface area (Å²) in [6, 6.07) is 0. The van der Waals surface area contributed by atoms with Gasteiger partial charge in [-0.05, 0) is 25.3 Å². The number of aliphatic imine (C=N–C) groups is 1. The minimum atomic E-state index is -0.456. The van der Waals surface area contributed by atoms with Gasteiger partial charge in [-0.1, -0.05) is 26.8 Å². The van der Waals surface area contributed by atoms with Crippen LogP contribution in [0.15, 0.2) is 17.1 Å². The largest absolute Gasteiger partial charge is 0.297 e. The van der Waals surface area contributed by atoms with Gasteiger partial charge in [0.25, 0.3) is 0 Å². The fraction of sp³-hybridized carbons (Fsp3) is 0.700. The van der Waals surface area contributed by atoms with E-state index < -0.39 is 5.44 Å². The fourth-order valence-electron chi connectivity index (χ4n) is 0.567. The molecule has 0 atom stereocenters. The van der Waals surface area contributed by atoms with Crippen LogP contribution in [-0.4, -0.2) is 19.5 Å². The molecule has 12 heavy (non-hydrogen) atoms. The van der Waals surface area contributed by atoms with Gasteiger partial charge in [0.05, 0.1) is 0 Å². The molecule has 0 heterocycles. The van der Waals surface area contributed by atoms with Crippen LogP contribution in [0.1, 0.15) is 34.6 Å². The van der Waals surface area contributed by atoms with Crippen molar-refractivity contribution < 1.29 is 0 Å². The van der Waals surface area contributed by atoms with Crippen molar-refractivity contribution in [2.75, 3.05) is 0 Å². The highest BCUT2D eigenvalue weighted by molar-refractivity contribution is 6.15. The van der Waals surface area contributed by atoms with Gasteiger partial charge in [0.1, 0.15) is 7.85 Å². The highest BCUT2D eigenvalue weighted by Crippen LogP contribution is 2.13. The van der Waals surface area contributed by atoms with Gasteiger partial charge < -0.3 is 0 Å². The first kappa shape index (κ1) is 11.5. The molecule has 0 saturated heterocycles. The third-order valence-electron chi connectivity index (χ3n) is 1.09. The third-order valence-corrected chi connectivity index (χ3v) is 1.09. The predicted molar refractivity (Wildman–Crippen MR) is 56.9 cm³/mol. The Kier molecular flexibility index (Phi) is 3.76. The maximum Gasteiger partial charge on any atom is 0.106 e. The number of nitrogens with zero attached hydrogens (tertiary/aromatic N) is 1. The Hall–Kier alpha value is -0.525. The van der Waals surface area contributed by atoms with Crippen molar-refractivity contribution in [2.24, 2.45) is 10.4 Å². The van der Waals surface area contributed by atoms with Crippen LogP contribution in [0.5, 0.6) is 0 Å². The molecule has 0 unspecified atom stereocenters. The van der Waals surface area contributed by atoms with Crippen LogP contribution in [0.2, 0.25) is 0 Å². The lowest BCUT2D eigenvalue weighted by atomic mass is 9.83. The summed E-state index contributed by atoms with van der Waals surface area (Å²) in [5.41, 5.74) is -0.243. The lowest BCUT2D eigenvalue weighted by Gasteiger charge is -2.12. The topological polar surface area (TPSA) is 12.4 Å². The maximum atomic E-state index is 5.65. The molecule has 0 saturated carbocycles. The van der Waals surface area contributed by atoms with Crippen molar-refractivity contribution >= 4 is 14.1 Å². The third kappa shape index (κ3) is 9.47. The summed E-state index contributed by atoms with van der Waals surface area (Å²) in [5, 5.41) is 0. The van der Waals surface area contributed by atoms with Crippen molar-refractivity contribution in [1.29, 1.82) is 0 Å². The van der Waals surface area contributed by atoms with Gasteiger partial charge in [-0.3, -0.25) is 4.99 Å². The molecule has 0 aromatic rings. The summed E-state index contributed by atoms with van der Waals surface area (Å²) in [7, 11) is 5.65. The first-order valence-electron chi connectivity index (χ1n) is 4.23. The highest BCUT2D eigenvalue weighted by atomic mass is 14.8. The molecule has 2 heteroatoms. The van der Waals surface area contributed by atoms with E-state index in [1.165, 1.54) is 0 Å². The summed E-state index contributed by atoms with van der Waals surface area (Å²) in [6.45, 7) is 10.2. The lowest BCUT2D eigenvalue weighted by molar-refractivity contribution is 0.545. The van der Waals surface area contributed by atoms with Gasteiger partial charge >= 0.3 is 0 Å². The van der Waals surface area contributed by atoms with Gasteiger partial charge in [-0.15, -0.1) is 0 Å². The van der Waals surface area contributed by atoms with Crippen LogP contribution in [0.3, 0.4) is 0 Å². The van der Waals surface area contributed by atoms with E-state index in [0.717, 1.165) is 0 Å². The summed E-state index contributed by atoms with van der Waals surface area (Å²) in [5.74, 6) is 0. The first-order valence-corrected chi connectivity index (χ1v) is 4.23. The van der Waals surface area contributed by atoms with Crippen LogP contribution < -0.4 is 0 Å². The zero-order chi connectivity index (χ0) is 9.83. The normalized spacial score (nSPS) is 14.8. The Bertz CT molecular complexity index is 157. The molecule has 0 rings (SSSR count). The molecule has 0 spiro atoms. The van der Waals surface area contributed by atoms with Crippen molar-refractivity contribution in [3.8, 4) is 0 Å². The van der Waals surface area contributed by atoms with Crippen LogP contribution in [0.4, 0.5) is 0 Å². The van der Waals surface area contributed by atoms with E-state index in [2.05, 4.69) is 31.8 Å². The zero-order valence-corrected chi connectivity index (χ0v) is 8.76. The Morgan fingerprint density at radius 2 is 1.58 bits per heavy atom. The maximum absolute atomic E-state index is 5.65. The van der Waals surface area contributed by atoms with Crippen LogP contribution >= 0.6 is 0 Å². The molecule has 0 aromatic carbocycles. The van der Waals surface area contributed by atoms with Crippen LogP contribution in [0.25, 0.3) is 0 Å². The molecule has 0 fully saturated rings. The standard InChI is InChI=1S/C10H18BN/c1-9(2,3)7-6-8-12-10(4,5)11/h6-8H,1-5H3/b7-6-,12-8?. The Morgan fingerprint density at radius 3 is 1.92 bits per heavy atom. The molecular formula is C10H18BN. The zero-order valence-electron chi connectivity index (χ0n) is 8.76. The van der Waals surface area contributed by atoms with Gasteiger partial charge in [-0.2, -0.15) is 0 Å². The predicted octanol–water partition coefficient (Wildman–Crippen LogP) is 2.56. The summed E-state index contributed by atoms with van der Waals surface area (Å²) >= 11 is 0. The average molecular weight is 163 g/mol. The van der Waals surface area contributed by atoms with Crippen LogP contribution in [-0.2, 0) is 0 Å². The molecule has 66 valence electrons. The summed E-state index contributed by atoms with van der Waals surface area (Å²) < 4.78 is 0. The molecule has 0 aliphatic rings. The van der Waals surface area contributed by atoms with E-state index in [1.807, 2.05) is 19.9 Å². The number of rotatable bonds is 2. The summed E-state index contributed by atoms with van der Waals surface area (Å²) in [6.07, 6.45) is 5.79. The molecule has 0 N–H and O–H groups in total. The molecule has 0 aromatic heterocycles. The molecule has 0 aliphatic carbocycles. The average Bonchev–Trinajstić information content (AvgIpc) is 1.76. The SMILES string of the molecule is [B]C(C)(C)N=C/C=C\C(C)(C)C. The summed E-state index contributed by atoms with van der Waals surface area (Å²) in [4.78, 5) is 4.13. The van der Waals surface area contributed by atoms with Crippen LogP contribution in [0, 0.1) is 5.41 Å². The van der Waals surface area contributed by atoms with E-state index in [1.54, 1.807) is 6.21 Å². The van der Waals surface area contributed by atoms with E-state index in [-0.39, 0.29) is 5.41 Å². The highest BCUT2D eigenvalue weighted by Gasteiger charge is 2.04. The molecule has 2 radical (unpaired) electrons. The van der Waals surface area contributed by atoms with E-state index in [9.17, 15) is 0 Å². The van der Waals surface area contributed by atoms with Crippen molar-refractivity contribution in [3.63, 3.8) is 0 Å². The Balaban J connectivity index is 4.00. The monoisotopic (exact) mass is 163 g/mol. The second-order valence-electron chi connectivity index (χ2n) is 4.66. The number of hydrogen-bond acceptors (Lipinski definition) is 1. The van der Waals surface area contributed by atoms with E-state index in [0.29, 0.717) is 0 Å². The molecule has 0 amide bonds. The molecule has 0 bridgehead atoms. The van der Waals surface area contributed by atoms with Crippen molar-refractivity contribution in [1.82, 2.24) is 0 Å². The molecular weight excluding hydrogens is 145 g/mol. The minimum Gasteiger partial charge on any atom is -0.297 e. The minimum absolute atomic E-state index is 0.213. The fourth-order valence-corrected chi connectivity index (χ4v) is 0.567. The smallest absolute Gasteiger partial charge is 0.106 e. The van der Waals surface area contributed by atoms with Gasteiger partial charge in [0.15, 0.2) is 0 Å². The van der Waals surface area contributed by atoms with E-state index >= 15 is 0 Å². The van der Waals surface area contributed by atoms with E-state index in [4.69, 9.17) is 7.85 Å². The van der Waals surface area contributed by atoms with Gasteiger partial charge in [-0.25, -0.2) is 0 Å². The quantitative estimate of drug-likeness (QED) is 0.438. The van der Waals surface area contributed by atoms with Crippen molar-refractivity contribution in [3.05, 3.63) is 12.2 Å². The second kappa shape index (κ2) is 3.93. The van der Waals surface area contributed by atoms with Gasteiger partial charge in [0, 0.05) is 11.7 Å². The molecule has 0 aliphatic heterocycles. The van der Waals surface area contributed by atoms with Crippen molar-refractivity contribution in [2.45, 2.75) is 40.1 Å². The number of hydrogen-bond donors (Lipinski definition) is 0. The second-order valence-corrected chi connectivity index (χ2v) is 4.66. The number of allylic oxidation sites excluding steroid dienone is 2. The Labute approximate surface area is 77.4 Å². The first-order chi connectivity index (χ1) is 5.21. The lowest BCUT2D eigenvalue weighted by Crippen LogP contribution is -2.15. The molecule has 1 nitrogen and oxygen atoms in total. The van der Waals surface area contributed by atoms with Gasteiger partial charge in [0.2, 0.25) is 0 Å².